The third-order valence-electron chi connectivity index (χ3n) is 3.80. The van der Waals surface area contributed by atoms with Crippen LogP contribution in [0.4, 0.5) is 10.1 Å². The summed E-state index contributed by atoms with van der Waals surface area (Å²) >= 11 is 5.89. The molecule has 1 aliphatic rings. The first kappa shape index (κ1) is 14.4. The Morgan fingerprint density at radius 3 is 2.71 bits per heavy atom. The molecule has 21 heavy (non-hydrogen) atoms. The Balaban J connectivity index is 1.82. The van der Waals surface area contributed by atoms with Gasteiger partial charge in [0, 0.05) is 17.3 Å². The molecule has 0 amide bonds. The van der Waals surface area contributed by atoms with Gasteiger partial charge in [-0.25, -0.2) is 4.39 Å². The summed E-state index contributed by atoms with van der Waals surface area (Å²) in [6.07, 6.45) is 2.54. The van der Waals surface area contributed by atoms with Gasteiger partial charge in [0.2, 0.25) is 0 Å². The SMILES string of the molecule is NCC(Nc1cc(F)cc(Cl)c1)c1cccc(C2CC2)c1. The van der Waals surface area contributed by atoms with Gasteiger partial charge in [-0.3, -0.25) is 0 Å². The molecule has 2 aromatic rings. The van der Waals surface area contributed by atoms with Crippen LogP contribution in [0.3, 0.4) is 0 Å². The standard InChI is InChI=1S/C17H18ClFN2/c18-14-7-15(19)9-16(8-14)21-17(10-20)13-3-1-2-12(6-13)11-4-5-11/h1-3,6-9,11,17,21H,4-5,10,20H2. The summed E-state index contributed by atoms with van der Waals surface area (Å²) in [6.45, 7) is 0.433. The van der Waals surface area contributed by atoms with Crippen LogP contribution < -0.4 is 11.1 Å². The van der Waals surface area contributed by atoms with Crippen molar-refractivity contribution in [1.29, 1.82) is 0 Å². The van der Waals surface area contributed by atoms with Crippen molar-refractivity contribution >= 4 is 17.3 Å². The molecule has 3 rings (SSSR count). The minimum absolute atomic E-state index is 0.0541. The third-order valence-corrected chi connectivity index (χ3v) is 4.02. The number of hydrogen-bond donors (Lipinski definition) is 2. The number of nitrogens with two attached hydrogens (primary N) is 1. The molecule has 0 aliphatic heterocycles. The van der Waals surface area contributed by atoms with Gasteiger partial charge in [0.15, 0.2) is 0 Å². The van der Waals surface area contributed by atoms with Crippen molar-refractivity contribution in [3.63, 3.8) is 0 Å². The molecule has 0 aromatic heterocycles. The fraction of sp³-hybridized carbons (Fsp3) is 0.294. The second kappa shape index (κ2) is 6.04. The molecule has 0 radical (unpaired) electrons. The van der Waals surface area contributed by atoms with Crippen LogP contribution in [-0.4, -0.2) is 6.54 Å². The van der Waals surface area contributed by atoms with Crippen molar-refractivity contribution in [1.82, 2.24) is 0 Å². The van der Waals surface area contributed by atoms with Crippen LogP contribution in [0.2, 0.25) is 5.02 Å². The van der Waals surface area contributed by atoms with E-state index >= 15 is 0 Å². The molecular weight excluding hydrogens is 287 g/mol. The van der Waals surface area contributed by atoms with E-state index in [2.05, 4.69) is 29.6 Å². The maximum atomic E-state index is 13.4. The lowest BCUT2D eigenvalue weighted by Crippen LogP contribution is -2.20. The Kier molecular flexibility index (Phi) is 4.13. The van der Waals surface area contributed by atoms with E-state index in [1.807, 2.05) is 0 Å². The zero-order chi connectivity index (χ0) is 14.8. The summed E-state index contributed by atoms with van der Waals surface area (Å²) in [5.41, 5.74) is 9.02. The molecule has 0 bridgehead atoms. The average molecular weight is 305 g/mol. The second-order valence-corrected chi connectivity index (χ2v) is 5.97. The summed E-state index contributed by atoms with van der Waals surface area (Å²) in [4.78, 5) is 0. The molecule has 2 aromatic carbocycles. The van der Waals surface area contributed by atoms with Gasteiger partial charge in [0.25, 0.3) is 0 Å². The lowest BCUT2D eigenvalue weighted by molar-refractivity contribution is 0.627. The summed E-state index contributed by atoms with van der Waals surface area (Å²) in [5.74, 6) is 0.347. The van der Waals surface area contributed by atoms with Crippen molar-refractivity contribution in [2.45, 2.75) is 24.8 Å². The fourth-order valence-corrected chi connectivity index (χ4v) is 2.78. The molecule has 3 N–H and O–H groups in total. The molecular formula is C17H18ClFN2. The lowest BCUT2D eigenvalue weighted by atomic mass is 10.0. The summed E-state index contributed by atoms with van der Waals surface area (Å²) in [5, 5.41) is 3.64. The Morgan fingerprint density at radius 1 is 1.24 bits per heavy atom. The highest BCUT2D eigenvalue weighted by Crippen LogP contribution is 2.40. The van der Waals surface area contributed by atoms with Crippen LogP contribution in [0.25, 0.3) is 0 Å². The van der Waals surface area contributed by atoms with Crippen LogP contribution in [0.15, 0.2) is 42.5 Å². The highest BCUT2D eigenvalue weighted by molar-refractivity contribution is 6.30. The van der Waals surface area contributed by atoms with Crippen molar-refractivity contribution in [3.8, 4) is 0 Å². The van der Waals surface area contributed by atoms with Gasteiger partial charge in [0.1, 0.15) is 5.82 Å². The molecule has 1 saturated carbocycles. The first-order valence-electron chi connectivity index (χ1n) is 7.18. The topological polar surface area (TPSA) is 38.0 Å². The summed E-state index contributed by atoms with van der Waals surface area (Å²) in [6, 6.07) is 12.8. The molecule has 2 nitrogen and oxygen atoms in total. The zero-order valence-corrected chi connectivity index (χ0v) is 12.4. The first-order valence-corrected chi connectivity index (χ1v) is 7.56. The zero-order valence-electron chi connectivity index (χ0n) is 11.7. The number of benzene rings is 2. The molecule has 1 aliphatic carbocycles. The smallest absolute Gasteiger partial charge is 0.126 e. The van der Waals surface area contributed by atoms with Crippen molar-refractivity contribution < 1.29 is 4.39 Å². The maximum absolute atomic E-state index is 13.4. The minimum atomic E-state index is -0.354. The van der Waals surface area contributed by atoms with Crippen molar-refractivity contribution in [2.75, 3.05) is 11.9 Å². The van der Waals surface area contributed by atoms with Crippen LogP contribution in [-0.2, 0) is 0 Å². The van der Waals surface area contributed by atoms with Crippen molar-refractivity contribution in [2.24, 2.45) is 5.73 Å². The molecule has 1 atom stereocenters. The highest BCUT2D eigenvalue weighted by atomic mass is 35.5. The van der Waals surface area contributed by atoms with Gasteiger partial charge in [-0.05, 0) is 48.1 Å². The summed E-state index contributed by atoms with van der Waals surface area (Å²) in [7, 11) is 0. The van der Waals surface area contributed by atoms with Gasteiger partial charge in [-0.1, -0.05) is 35.9 Å². The Bertz CT molecular complexity index is 620. The number of nitrogens with one attached hydrogen (secondary N) is 1. The number of hydrogen-bond acceptors (Lipinski definition) is 2. The minimum Gasteiger partial charge on any atom is -0.377 e. The predicted octanol–water partition coefficient (Wildman–Crippen LogP) is 4.47. The fourth-order valence-electron chi connectivity index (χ4n) is 2.56. The largest absolute Gasteiger partial charge is 0.377 e. The Labute approximate surface area is 129 Å². The van der Waals surface area contributed by atoms with Gasteiger partial charge in [-0.15, -0.1) is 0 Å². The van der Waals surface area contributed by atoms with Gasteiger partial charge in [-0.2, -0.15) is 0 Å². The van der Waals surface area contributed by atoms with Gasteiger partial charge < -0.3 is 11.1 Å². The van der Waals surface area contributed by atoms with Gasteiger partial charge in [0.05, 0.1) is 6.04 Å². The highest BCUT2D eigenvalue weighted by Gasteiger charge is 2.24. The van der Waals surface area contributed by atoms with E-state index in [1.54, 1.807) is 6.07 Å². The molecule has 0 spiro atoms. The monoisotopic (exact) mass is 304 g/mol. The van der Waals surface area contributed by atoms with E-state index in [4.69, 9.17) is 17.3 Å². The van der Waals surface area contributed by atoms with E-state index in [9.17, 15) is 4.39 Å². The molecule has 0 saturated heterocycles. The van der Waals surface area contributed by atoms with E-state index < -0.39 is 0 Å². The third kappa shape index (κ3) is 3.55. The molecule has 1 fully saturated rings. The van der Waals surface area contributed by atoms with E-state index in [1.165, 1.54) is 30.5 Å². The predicted molar refractivity (Wildman–Crippen MR) is 85.2 cm³/mol. The van der Waals surface area contributed by atoms with E-state index in [0.717, 1.165) is 5.56 Å². The van der Waals surface area contributed by atoms with Gasteiger partial charge >= 0.3 is 0 Å². The summed E-state index contributed by atoms with van der Waals surface area (Å²) < 4.78 is 13.4. The Morgan fingerprint density at radius 2 is 2.05 bits per heavy atom. The lowest BCUT2D eigenvalue weighted by Gasteiger charge is -2.19. The molecule has 1 unspecified atom stereocenters. The number of anilines is 1. The average Bonchev–Trinajstić information content (AvgIpc) is 3.28. The van der Waals surface area contributed by atoms with Crippen LogP contribution in [0.5, 0.6) is 0 Å². The quantitative estimate of drug-likeness (QED) is 0.855. The molecule has 4 heteroatoms. The molecule has 110 valence electrons. The van der Waals surface area contributed by atoms with Crippen LogP contribution in [0.1, 0.15) is 35.9 Å². The first-order chi connectivity index (χ1) is 10.2. The van der Waals surface area contributed by atoms with Crippen LogP contribution >= 0.6 is 11.6 Å². The number of rotatable bonds is 5. The number of halogens is 2. The van der Waals surface area contributed by atoms with Crippen molar-refractivity contribution in [3.05, 3.63) is 64.4 Å². The maximum Gasteiger partial charge on any atom is 0.126 e. The van der Waals surface area contributed by atoms with E-state index in [-0.39, 0.29) is 11.9 Å². The van der Waals surface area contributed by atoms with Crippen LogP contribution in [0, 0.1) is 5.82 Å². The van der Waals surface area contributed by atoms with E-state index in [0.29, 0.717) is 23.2 Å². The Hall–Kier alpha value is -1.58. The normalized spacial score (nSPS) is 15.8. The molecule has 0 heterocycles. The second-order valence-electron chi connectivity index (χ2n) is 5.54.